The van der Waals surface area contributed by atoms with Crippen molar-refractivity contribution in [3.8, 4) is 0 Å². The molecule has 0 radical (unpaired) electrons. The van der Waals surface area contributed by atoms with Crippen molar-refractivity contribution in [2.45, 2.75) is 125 Å². The smallest absolute Gasteiger partial charge is 0.189 e. The zero-order valence-corrected chi connectivity index (χ0v) is 23.2. The van der Waals surface area contributed by atoms with Gasteiger partial charge in [0.1, 0.15) is 6.61 Å². The lowest BCUT2D eigenvalue weighted by molar-refractivity contribution is -0.117. The Morgan fingerprint density at radius 1 is 0.800 bits per heavy atom. The van der Waals surface area contributed by atoms with Crippen LogP contribution in [0.4, 0.5) is 0 Å². The molecule has 6 heteroatoms. The van der Waals surface area contributed by atoms with E-state index in [0.29, 0.717) is 35.5 Å². The maximum absolute atomic E-state index is 12.8. The minimum Gasteiger partial charge on any atom is -0.390 e. The Balaban J connectivity index is 2.47. The third-order valence-corrected chi connectivity index (χ3v) is 7.62. The fraction of sp³-hybridized carbons (Fsp3) is 0.793. The van der Waals surface area contributed by atoms with Crippen molar-refractivity contribution < 1.29 is 19.5 Å². The summed E-state index contributed by atoms with van der Waals surface area (Å²) < 4.78 is 0. The van der Waals surface area contributed by atoms with Crippen molar-refractivity contribution in [1.82, 2.24) is 0 Å². The molecule has 6 nitrogen and oxygen atoms in total. The van der Waals surface area contributed by atoms with Crippen LogP contribution in [0.1, 0.15) is 119 Å². The average Bonchev–Trinajstić information content (AvgIpc) is 2.78. The van der Waals surface area contributed by atoms with E-state index in [2.05, 4.69) is 37.9 Å². The summed E-state index contributed by atoms with van der Waals surface area (Å²) in [6, 6.07) is 0. The van der Waals surface area contributed by atoms with Crippen molar-refractivity contribution in [3.63, 3.8) is 0 Å². The minimum atomic E-state index is -0.931. The van der Waals surface area contributed by atoms with Crippen LogP contribution in [0.15, 0.2) is 27.6 Å². The zero-order chi connectivity index (χ0) is 26.6. The lowest BCUT2D eigenvalue weighted by atomic mass is 9.81. The first-order chi connectivity index (χ1) is 16.4. The number of aliphatic hydroxyl groups is 1. The quantitative estimate of drug-likeness (QED) is 0.122. The predicted octanol–water partition coefficient (Wildman–Crippen LogP) is 7.44. The molecule has 0 fully saturated rings. The molecule has 0 aromatic carbocycles. The molecule has 0 heterocycles. The number of rotatable bonds is 18. The van der Waals surface area contributed by atoms with E-state index in [9.17, 15) is 19.6 Å². The van der Waals surface area contributed by atoms with Gasteiger partial charge >= 0.3 is 0 Å². The molecular weight excluding hydrogens is 442 g/mol. The highest BCUT2D eigenvalue weighted by molar-refractivity contribution is 6.24. The number of Topliss-reactive ketones (excluding diaryl/α,β-unsaturated/α-hetero) is 2. The SMILES string of the molecule is CC1=C(C)C(=O)C(CON=O)=C(CCC(C)(O)CCCC(C)CCCC(C)CCCC(C)C)C1=O. The highest BCUT2D eigenvalue weighted by atomic mass is 16.7. The van der Waals surface area contributed by atoms with Gasteiger partial charge in [0.15, 0.2) is 16.9 Å². The molecule has 1 rings (SSSR count). The van der Waals surface area contributed by atoms with Crippen LogP contribution in [-0.4, -0.2) is 28.9 Å². The fourth-order valence-corrected chi connectivity index (χ4v) is 4.90. The summed E-state index contributed by atoms with van der Waals surface area (Å²) in [6.07, 6.45) is 11.0. The summed E-state index contributed by atoms with van der Waals surface area (Å²) in [4.78, 5) is 40.4. The maximum atomic E-state index is 12.8. The van der Waals surface area contributed by atoms with E-state index >= 15 is 0 Å². The van der Waals surface area contributed by atoms with Gasteiger partial charge in [-0.3, -0.25) is 9.59 Å². The Hall–Kier alpha value is -1.82. The van der Waals surface area contributed by atoms with E-state index in [0.717, 1.165) is 24.7 Å². The van der Waals surface area contributed by atoms with E-state index in [4.69, 9.17) is 0 Å². The normalized spacial score (nSPS) is 18.2. The average molecular weight is 492 g/mol. The first-order valence-electron chi connectivity index (χ1n) is 13.6. The molecule has 0 spiro atoms. The molecular formula is C29H49NO5. The third-order valence-electron chi connectivity index (χ3n) is 7.62. The van der Waals surface area contributed by atoms with Gasteiger partial charge < -0.3 is 9.94 Å². The van der Waals surface area contributed by atoms with E-state index in [-0.39, 0.29) is 30.2 Å². The van der Waals surface area contributed by atoms with Gasteiger partial charge in [-0.2, -0.15) is 0 Å². The summed E-state index contributed by atoms with van der Waals surface area (Å²) in [7, 11) is 0. The van der Waals surface area contributed by atoms with Crippen LogP contribution in [0.5, 0.6) is 0 Å². The summed E-state index contributed by atoms with van der Waals surface area (Å²) in [5.74, 6) is 1.72. The molecule has 1 aliphatic rings. The van der Waals surface area contributed by atoms with Crippen molar-refractivity contribution in [2.75, 3.05) is 6.61 Å². The Labute approximate surface area is 212 Å². The van der Waals surface area contributed by atoms with Crippen LogP contribution in [0.25, 0.3) is 0 Å². The number of carbonyl (C=O) groups excluding carboxylic acids is 2. The standard InChI is InChI=1S/C29H49NO5/c1-20(2)11-8-12-21(3)13-9-14-22(4)15-10-17-29(7,33)18-16-25-26(19-35-30-34)28(32)24(6)23(5)27(25)31/h20-22,33H,8-19H2,1-7H3. The third kappa shape index (κ3) is 11.2. The van der Waals surface area contributed by atoms with Gasteiger partial charge in [0, 0.05) is 22.3 Å². The lowest BCUT2D eigenvalue weighted by Crippen LogP contribution is -2.28. The first-order valence-corrected chi connectivity index (χ1v) is 13.6. The Bertz CT molecular complexity index is 778. The molecule has 0 aromatic rings. The van der Waals surface area contributed by atoms with Gasteiger partial charge in [-0.15, -0.1) is 4.91 Å². The van der Waals surface area contributed by atoms with Crippen molar-refractivity contribution in [3.05, 3.63) is 27.2 Å². The highest BCUT2D eigenvalue weighted by Gasteiger charge is 2.32. The number of ketones is 2. The number of nitrogens with zero attached hydrogens (tertiary/aromatic N) is 1. The van der Waals surface area contributed by atoms with Gasteiger partial charge in [0.25, 0.3) is 0 Å². The summed E-state index contributed by atoms with van der Waals surface area (Å²) >= 11 is 0. The van der Waals surface area contributed by atoms with Crippen molar-refractivity contribution >= 4 is 11.6 Å². The molecule has 0 aliphatic heterocycles. The molecule has 0 bridgehead atoms. The maximum Gasteiger partial charge on any atom is 0.189 e. The predicted molar refractivity (Wildman–Crippen MR) is 142 cm³/mol. The summed E-state index contributed by atoms with van der Waals surface area (Å²) in [5.41, 5.74) is 0.364. The van der Waals surface area contributed by atoms with Crippen LogP contribution in [-0.2, 0) is 14.4 Å². The topological polar surface area (TPSA) is 93.0 Å². The van der Waals surface area contributed by atoms with Gasteiger partial charge in [0.05, 0.1) is 5.60 Å². The lowest BCUT2D eigenvalue weighted by Gasteiger charge is -2.26. The molecule has 0 saturated heterocycles. The Morgan fingerprint density at radius 3 is 1.80 bits per heavy atom. The van der Waals surface area contributed by atoms with Crippen LogP contribution in [0.3, 0.4) is 0 Å². The minimum absolute atomic E-state index is 0.181. The van der Waals surface area contributed by atoms with Crippen molar-refractivity contribution in [2.24, 2.45) is 23.1 Å². The first kappa shape index (κ1) is 31.2. The van der Waals surface area contributed by atoms with E-state index in [1.54, 1.807) is 20.8 Å². The molecule has 0 aromatic heterocycles. The van der Waals surface area contributed by atoms with Gasteiger partial charge in [-0.25, -0.2) is 0 Å². The molecule has 35 heavy (non-hydrogen) atoms. The Kier molecular flexibility index (Phi) is 13.7. The number of hydrogen-bond acceptors (Lipinski definition) is 6. The monoisotopic (exact) mass is 491 g/mol. The molecule has 3 unspecified atom stereocenters. The highest BCUT2D eigenvalue weighted by Crippen LogP contribution is 2.31. The second-order valence-electron chi connectivity index (χ2n) is 11.6. The second-order valence-corrected chi connectivity index (χ2v) is 11.6. The Morgan fingerprint density at radius 2 is 1.29 bits per heavy atom. The van der Waals surface area contributed by atoms with E-state index < -0.39 is 5.60 Å². The van der Waals surface area contributed by atoms with Gasteiger partial charge in [-0.05, 0) is 57.8 Å². The molecule has 200 valence electrons. The van der Waals surface area contributed by atoms with Gasteiger partial charge in [-0.1, -0.05) is 79.1 Å². The number of hydrogen-bond donors (Lipinski definition) is 1. The van der Waals surface area contributed by atoms with E-state index in [1.165, 1.54) is 38.5 Å². The molecule has 0 amide bonds. The molecule has 1 N–H and O–H groups in total. The molecule has 3 atom stereocenters. The van der Waals surface area contributed by atoms with E-state index in [1.807, 2.05) is 0 Å². The summed E-state index contributed by atoms with van der Waals surface area (Å²) in [5, 5.41) is 13.3. The summed E-state index contributed by atoms with van der Waals surface area (Å²) in [6.45, 7) is 14.0. The number of carbonyl (C=O) groups is 2. The van der Waals surface area contributed by atoms with Gasteiger partial charge in [0.2, 0.25) is 0 Å². The molecule has 1 aliphatic carbocycles. The number of allylic oxidation sites excluding steroid dienone is 3. The van der Waals surface area contributed by atoms with Crippen LogP contribution >= 0.6 is 0 Å². The van der Waals surface area contributed by atoms with Crippen LogP contribution < -0.4 is 0 Å². The largest absolute Gasteiger partial charge is 0.390 e. The van der Waals surface area contributed by atoms with Crippen LogP contribution in [0.2, 0.25) is 0 Å². The van der Waals surface area contributed by atoms with Crippen LogP contribution in [0, 0.1) is 22.7 Å². The zero-order valence-electron chi connectivity index (χ0n) is 23.2. The molecule has 0 saturated carbocycles. The fourth-order valence-electron chi connectivity index (χ4n) is 4.90. The second kappa shape index (κ2) is 15.3. The van der Waals surface area contributed by atoms with Crippen molar-refractivity contribution in [1.29, 1.82) is 0 Å².